The summed E-state index contributed by atoms with van der Waals surface area (Å²) in [6.07, 6.45) is -5.10. The Morgan fingerprint density at radius 3 is 2.53 bits per heavy atom. The van der Waals surface area contributed by atoms with Gasteiger partial charge < -0.3 is 9.47 Å². The van der Waals surface area contributed by atoms with Crippen LogP contribution in [0.5, 0.6) is 5.75 Å². The smallest absolute Gasteiger partial charge is 0.424 e. The number of carbonyl (C=O) groups excluding carboxylic acids is 1. The summed E-state index contributed by atoms with van der Waals surface area (Å²) in [5.74, 6) is 0.357. The summed E-state index contributed by atoms with van der Waals surface area (Å²) < 4.78 is 44.4. The van der Waals surface area contributed by atoms with Crippen LogP contribution in [0.25, 0.3) is 0 Å². The van der Waals surface area contributed by atoms with Crippen LogP contribution in [0.2, 0.25) is 0 Å². The van der Waals surface area contributed by atoms with Gasteiger partial charge in [-0.2, -0.15) is 13.2 Å². The largest absolute Gasteiger partial charge is 0.514 e. The molecule has 0 saturated heterocycles. The van der Waals surface area contributed by atoms with Crippen molar-refractivity contribution in [2.24, 2.45) is 0 Å². The molecule has 0 aliphatic heterocycles. The Bertz CT molecular complexity index is 429. The van der Waals surface area contributed by atoms with Crippen LogP contribution < -0.4 is 4.74 Å². The number of halogens is 3. The minimum Gasteiger partial charge on any atom is -0.424 e. The van der Waals surface area contributed by atoms with Gasteiger partial charge in [0.1, 0.15) is 5.75 Å². The molecule has 0 radical (unpaired) electrons. The molecule has 0 aliphatic carbocycles. The molecule has 0 amide bonds. The molecule has 106 valence electrons. The molecule has 1 aromatic carbocycles. The number of rotatable bonds is 4. The van der Waals surface area contributed by atoms with Gasteiger partial charge in [0, 0.05) is 0 Å². The molecule has 1 unspecified atom stereocenters. The van der Waals surface area contributed by atoms with Crippen LogP contribution in [-0.4, -0.2) is 18.9 Å². The number of hydrogen-bond acceptors (Lipinski definition) is 3. The van der Waals surface area contributed by atoms with E-state index in [0.717, 1.165) is 12.0 Å². The fraction of sp³-hybridized carbons (Fsp3) is 0.462. The molecular weight excluding hydrogens is 261 g/mol. The van der Waals surface area contributed by atoms with Crippen molar-refractivity contribution in [1.82, 2.24) is 0 Å². The maximum Gasteiger partial charge on any atom is 0.514 e. The predicted octanol–water partition coefficient (Wildman–Crippen LogP) is 4.28. The second-order valence-corrected chi connectivity index (χ2v) is 4.10. The fourth-order valence-corrected chi connectivity index (χ4v) is 1.46. The van der Waals surface area contributed by atoms with E-state index in [1.165, 1.54) is 6.07 Å². The summed E-state index contributed by atoms with van der Waals surface area (Å²) in [5, 5.41) is 0. The van der Waals surface area contributed by atoms with E-state index in [9.17, 15) is 18.0 Å². The zero-order valence-corrected chi connectivity index (χ0v) is 10.7. The van der Waals surface area contributed by atoms with Crippen LogP contribution in [0.3, 0.4) is 0 Å². The van der Waals surface area contributed by atoms with Gasteiger partial charge in [-0.25, -0.2) is 4.79 Å². The summed E-state index contributed by atoms with van der Waals surface area (Å²) in [7, 11) is 0. The van der Waals surface area contributed by atoms with E-state index in [2.05, 4.69) is 4.74 Å². The third kappa shape index (κ3) is 5.19. The molecule has 1 aromatic rings. The molecule has 0 spiro atoms. The Balaban J connectivity index is 2.69. The zero-order valence-electron chi connectivity index (χ0n) is 10.7. The average Bonchev–Trinajstić information content (AvgIpc) is 2.35. The Morgan fingerprint density at radius 2 is 1.95 bits per heavy atom. The van der Waals surface area contributed by atoms with Crippen LogP contribution in [0.1, 0.15) is 31.7 Å². The maximum absolute atomic E-state index is 11.9. The molecule has 0 aromatic heterocycles. The van der Waals surface area contributed by atoms with Gasteiger partial charge >= 0.3 is 12.3 Å². The Kier molecular flexibility index (Phi) is 5.20. The zero-order chi connectivity index (χ0) is 14.5. The number of carbonyl (C=O) groups is 1. The van der Waals surface area contributed by atoms with Crippen LogP contribution in [-0.2, 0) is 4.74 Å². The monoisotopic (exact) mass is 276 g/mol. The van der Waals surface area contributed by atoms with Gasteiger partial charge in [0.05, 0.1) is 0 Å². The second-order valence-electron chi connectivity index (χ2n) is 4.10. The molecule has 0 N–H and O–H groups in total. The molecule has 0 fully saturated rings. The van der Waals surface area contributed by atoms with E-state index >= 15 is 0 Å². The minimum absolute atomic E-state index is 0.131. The molecule has 0 bridgehead atoms. The Hall–Kier alpha value is -1.72. The third-order valence-electron chi connectivity index (χ3n) is 2.61. The van der Waals surface area contributed by atoms with Crippen molar-refractivity contribution in [2.75, 3.05) is 6.61 Å². The molecule has 19 heavy (non-hydrogen) atoms. The van der Waals surface area contributed by atoms with Crippen LogP contribution in [0.4, 0.5) is 18.0 Å². The standard InChI is InChI=1S/C13H15F3O3/c1-3-9(2)10-6-4-5-7-11(10)19-12(17)18-8-13(14,15)16/h4-7,9H,3,8H2,1-2H3. The van der Waals surface area contributed by atoms with E-state index in [1.54, 1.807) is 18.2 Å². The van der Waals surface area contributed by atoms with Crippen LogP contribution in [0, 0.1) is 0 Å². The highest BCUT2D eigenvalue weighted by molar-refractivity contribution is 5.64. The SMILES string of the molecule is CCC(C)c1ccccc1OC(=O)OCC(F)(F)F. The molecule has 3 nitrogen and oxygen atoms in total. The first kappa shape index (κ1) is 15.3. The van der Waals surface area contributed by atoms with Crippen molar-refractivity contribution in [3.05, 3.63) is 29.8 Å². The second kappa shape index (κ2) is 6.45. The number of alkyl halides is 3. The Labute approximate surface area is 109 Å². The highest BCUT2D eigenvalue weighted by Gasteiger charge is 2.30. The molecule has 1 atom stereocenters. The lowest BCUT2D eigenvalue weighted by molar-refractivity contribution is -0.163. The lowest BCUT2D eigenvalue weighted by atomic mass is 9.98. The van der Waals surface area contributed by atoms with Crippen molar-refractivity contribution < 1.29 is 27.4 Å². The van der Waals surface area contributed by atoms with E-state index in [-0.39, 0.29) is 11.7 Å². The normalized spacial score (nSPS) is 12.9. The lowest BCUT2D eigenvalue weighted by Gasteiger charge is -2.14. The van der Waals surface area contributed by atoms with Gasteiger partial charge in [-0.15, -0.1) is 0 Å². The topological polar surface area (TPSA) is 35.5 Å². The van der Waals surface area contributed by atoms with Gasteiger partial charge in [-0.1, -0.05) is 32.0 Å². The third-order valence-corrected chi connectivity index (χ3v) is 2.61. The van der Waals surface area contributed by atoms with Crippen LogP contribution in [0.15, 0.2) is 24.3 Å². The quantitative estimate of drug-likeness (QED) is 0.608. The number of benzene rings is 1. The van der Waals surface area contributed by atoms with Gasteiger partial charge in [0.25, 0.3) is 0 Å². The summed E-state index contributed by atoms with van der Waals surface area (Å²) in [4.78, 5) is 11.2. The van der Waals surface area contributed by atoms with Crippen molar-refractivity contribution >= 4 is 6.16 Å². The molecular formula is C13H15F3O3. The Morgan fingerprint density at radius 1 is 1.32 bits per heavy atom. The van der Waals surface area contributed by atoms with E-state index in [0.29, 0.717) is 0 Å². The first-order valence-corrected chi connectivity index (χ1v) is 5.83. The molecule has 0 heterocycles. The van der Waals surface area contributed by atoms with Gasteiger partial charge in [0.15, 0.2) is 6.61 Å². The summed E-state index contributed by atoms with van der Waals surface area (Å²) in [6.45, 7) is 2.24. The first-order valence-electron chi connectivity index (χ1n) is 5.83. The highest BCUT2D eigenvalue weighted by Crippen LogP contribution is 2.28. The maximum atomic E-state index is 11.9. The predicted molar refractivity (Wildman–Crippen MR) is 63.2 cm³/mol. The average molecular weight is 276 g/mol. The molecule has 0 aliphatic rings. The fourth-order valence-electron chi connectivity index (χ4n) is 1.46. The highest BCUT2D eigenvalue weighted by atomic mass is 19.4. The molecule has 6 heteroatoms. The number of ether oxygens (including phenoxy) is 2. The van der Waals surface area contributed by atoms with Crippen LogP contribution >= 0.6 is 0 Å². The van der Waals surface area contributed by atoms with Gasteiger partial charge in [0.2, 0.25) is 0 Å². The lowest BCUT2D eigenvalue weighted by Crippen LogP contribution is -2.22. The van der Waals surface area contributed by atoms with Gasteiger partial charge in [-0.05, 0) is 24.0 Å². The van der Waals surface area contributed by atoms with Crippen molar-refractivity contribution in [3.63, 3.8) is 0 Å². The van der Waals surface area contributed by atoms with E-state index in [1.807, 2.05) is 13.8 Å². The van der Waals surface area contributed by atoms with E-state index < -0.39 is 18.9 Å². The summed E-state index contributed by atoms with van der Waals surface area (Å²) in [6, 6.07) is 6.70. The minimum atomic E-state index is -4.56. The van der Waals surface area contributed by atoms with Crippen molar-refractivity contribution in [3.8, 4) is 5.75 Å². The van der Waals surface area contributed by atoms with Gasteiger partial charge in [-0.3, -0.25) is 0 Å². The summed E-state index contributed by atoms with van der Waals surface area (Å²) in [5.41, 5.74) is 0.758. The van der Waals surface area contributed by atoms with Crippen molar-refractivity contribution in [1.29, 1.82) is 0 Å². The number of para-hydroxylation sites is 1. The summed E-state index contributed by atoms with van der Waals surface area (Å²) >= 11 is 0. The number of hydrogen-bond donors (Lipinski definition) is 0. The van der Waals surface area contributed by atoms with Crippen molar-refractivity contribution in [2.45, 2.75) is 32.4 Å². The first-order chi connectivity index (χ1) is 8.83. The molecule has 1 rings (SSSR count). The van der Waals surface area contributed by atoms with E-state index in [4.69, 9.17) is 4.74 Å². The molecule has 0 saturated carbocycles.